The summed E-state index contributed by atoms with van der Waals surface area (Å²) in [7, 11) is 0. The maximum Gasteiger partial charge on any atom is 0.178 e. The van der Waals surface area contributed by atoms with Gasteiger partial charge in [-0.25, -0.2) is 14.6 Å². The van der Waals surface area contributed by atoms with Crippen LogP contribution in [0.15, 0.2) is 24.3 Å². The van der Waals surface area contributed by atoms with Crippen molar-refractivity contribution in [1.82, 2.24) is 24.6 Å². The van der Waals surface area contributed by atoms with Crippen LogP contribution in [0.2, 0.25) is 0 Å². The highest BCUT2D eigenvalue weighted by molar-refractivity contribution is 5.85. The average molecular weight is 269 g/mol. The number of nitrogens with zero attached hydrogens (tertiary/aromatic N) is 5. The van der Waals surface area contributed by atoms with E-state index in [2.05, 4.69) is 23.8 Å². The molecule has 5 heteroatoms. The van der Waals surface area contributed by atoms with Crippen LogP contribution < -0.4 is 0 Å². The van der Waals surface area contributed by atoms with Gasteiger partial charge in [-0.05, 0) is 32.1 Å². The second-order valence-electron chi connectivity index (χ2n) is 4.91. The first-order chi connectivity index (χ1) is 9.72. The number of benzene rings is 1. The van der Waals surface area contributed by atoms with Gasteiger partial charge in [0.2, 0.25) is 0 Å². The van der Waals surface area contributed by atoms with Crippen molar-refractivity contribution in [2.24, 2.45) is 0 Å². The third-order valence-electron chi connectivity index (χ3n) is 3.64. The second kappa shape index (κ2) is 5.17. The molecule has 0 N–H and O–H groups in total. The quantitative estimate of drug-likeness (QED) is 0.730. The molecule has 0 unspecified atom stereocenters. The molecule has 0 aliphatic heterocycles. The van der Waals surface area contributed by atoms with Crippen LogP contribution in [0.4, 0.5) is 0 Å². The van der Waals surface area contributed by atoms with E-state index in [0.29, 0.717) is 0 Å². The fraction of sp³-hybridized carbons (Fsp3) is 0.400. The molecule has 5 nitrogen and oxygen atoms in total. The predicted molar refractivity (Wildman–Crippen MR) is 80.5 cm³/mol. The van der Waals surface area contributed by atoms with E-state index in [1.807, 2.05) is 35.9 Å². The van der Waals surface area contributed by atoms with Crippen LogP contribution in [0.25, 0.3) is 22.2 Å². The minimum Gasteiger partial charge on any atom is -0.285 e. The molecular formula is C15H19N5. The van der Waals surface area contributed by atoms with Crippen molar-refractivity contribution in [1.29, 1.82) is 0 Å². The number of hydrogen-bond donors (Lipinski definition) is 0. The van der Waals surface area contributed by atoms with Crippen molar-refractivity contribution in [3.8, 4) is 0 Å². The Bertz CT molecular complexity index is 742. The van der Waals surface area contributed by atoms with Crippen molar-refractivity contribution >= 4 is 22.2 Å². The zero-order valence-electron chi connectivity index (χ0n) is 12.2. The highest BCUT2D eigenvalue weighted by Gasteiger charge is 2.13. The summed E-state index contributed by atoms with van der Waals surface area (Å²) in [6.07, 6.45) is 0. The number of aryl methyl sites for hydroxylation is 1. The molecule has 0 spiro atoms. The lowest BCUT2D eigenvalue weighted by Crippen LogP contribution is -2.26. The van der Waals surface area contributed by atoms with Crippen LogP contribution >= 0.6 is 0 Å². The first-order valence-electron chi connectivity index (χ1n) is 7.05. The summed E-state index contributed by atoms with van der Waals surface area (Å²) < 4.78 is 1.96. The highest BCUT2D eigenvalue weighted by Crippen LogP contribution is 2.18. The lowest BCUT2D eigenvalue weighted by atomic mass is 10.3. The molecule has 0 bridgehead atoms. The third-order valence-corrected chi connectivity index (χ3v) is 3.64. The molecule has 0 fully saturated rings. The molecule has 1 aromatic carbocycles. The Kier molecular flexibility index (Phi) is 3.36. The Morgan fingerprint density at radius 2 is 1.70 bits per heavy atom. The molecule has 0 aliphatic carbocycles. The second-order valence-corrected chi connectivity index (χ2v) is 4.91. The van der Waals surface area contributed by atoms with Crippen LogP contribution in [-0.2, 0) is 6.67 Å². The van der Waals surface area contributed by atoms with Gasteiger partial charge in [-0.1, -0.05) is 26.0 Å². The minimum atomic E-state index is 0.754. The van der Waals surface area contributed by atoms with Gasteiger partial charge < -0.3 is 0 Å². The number of hydrogen-bond acceptors (Lipinski definition) is 4. The molecule has 0 aliphatic rings. The van der Waals surface area contributed by atoms with Crippen molar-refractivity contribution in [3.05, 3.63) is 30.0 Å². The van der Waals surface area contributed by atoms with Crippen molar-refractivity contribution in [2.45, 2.75) is 27.4 Å². The van der Waals surface area contributed by atoms with Gasteiger partial charge in [0, 0.05) is 0 Å². The van der Waals surface area contributed by atoms with E-state index in [-0.39, 0.29) is 0 Å². The van der Waals surface area contributed by atoms with Crippen LogP contribution in [0, 0.1) is 6.92 Å². The number of fused-ring (bicyclic) bond motifs is 2. The first kappa shape index (κ1) is 13.0. The fourth-order valence-electron chi connectivity index (χ4n) is 2.40. The molecule has 2 aromatic heterocycles. The van der Waals surface area contributed by atoms with Gasteiger partial charge in [-0.3, -0.25) is 4.90 Å². The highest BCUT2D eigenvalue weighted by atomic mass is 15.4. The Hall–Kier alpha value is -2.01. The monoisotopic (exact) mass is 269 g/mol. The smallest absolute Gasteiger partial charge is 0.178 e. The van der Waals surface area contributed by atoms with E-state index >= 15 is 0 Å². The van der Waals surface area contributed by atoms with Crippen molar-refractivity contribution in [2.75, 3.05) is 13.1 Å². The molecule has 104 valence electrons. The lowest BCUT2D eigenvalue weighted by Gasteiger charge is -2.17. The lowest BCUT2D eigenvalue weighted by molar-refractivity contribution is 0.232. The van der Waals surface area contributed by atoms with E-state index in [4.69, 9.17) is 9.97 Å². The summed E-state index contributed by atoms with van der Waals surface area (Å²) in [5, 5.41) is 4.60. The van der Waals surface area contributed by atoms with Crippen LogP contribution in [0.1, 0.15) is 19.5 Å². The summed E-state index contributed by atoms with van der Waals surface area (Å²) in [5.74, 6) is 0. The number of aromatic nitrogens is 4. The number of rotatable bonds is 4. The minimum absolute atomic E-state index is 0.754. The molecule has 3 aromatic rings. The van der Waals surface area contributed by atoms with E-state index in [1.54, 1.807) is 0 Å². The molecule has 0 atom stereocenters. The van der Waals surface area contributed by atoms with Gasteiger partial charge in [-0.15, -0.1) is 0 Å². The molecule has 0 amide bonds. The van der Waals surface area contributed by atoms with Gasteiger partial charge in [0.15, 0.2) is 5.65 Å². The normalized spacial score (nSPS) is 11.8. The standard InChI is InChI=1S/C15H19N5/c1-4-19(5-2)10-20-15-14(11(3)18-20)16-12-8-6-7-9-13(12)17-15/h6-9H,4-5,10H2,1-3H3. The van der Waals surface area contributed by atoms with Crippen LogP contribution in [0.3, 0.4) is 0 Å². The Morgan fingerprint density at radius 1 is 1.05 bits per heavy atom. The van der Waals surface area contributed by atoms with Gasteiger partial charge >= 0.3 is 0 Å². The summed E-state index contributed by atoms with van der Waals surface area (Å²) in [6, 6.07) is 7.95. The molecule has 0 radical (unpaired) electrons. The van der Waals surface area contributed by atoms with Crippen molar-refractivity contribution < 1.29 is 0 Å². The van der Waals surface area contributed by atoms with Gasteiger partial charge in [0.25, 0.3) is 0 Å². The van der Waals surface area contributed by atoms with E-state index in [0.717, 1.165) is 47.6 Å². The SMILES string of the molecule is CCN(CC)Cn1nc(C)c2nc3ccccc3nc21. The molecular weight excluding hydrogens is 250 g/mol. The van der Waals surface area contributed by atoms with Crippen LogP contribution in [-0.4, -0.2) is 37.7 Å². The van der Waals surface area contributed by atoms with Crippen molar-refractivity contribution in [3.63, 3.8) is 0 Å². The number of para-hydroxylation sites is 2. The summed E-state index contributed by atoms with van der Waals surface area (Å²) in [4.78, 5) is 11.7. The third kappa shape index (κ3) is 2.14. The molecule has 0 saturated heterocycles. The average Bonchev–Trinajstić information content (AvgIpc) is 2.78. The zero-order chi connectivity index (χ0) is 14.1. The van der Waals surface area contributed by atoms with Crippen LogP contribution in [0.5, 0.6) is 0 Å². The zero-order valence-corrected chi connectivity index (χ0v) is 12.2. The molecule has 2 heterocycles. The Labute approximate surface area is 118 Å². The molecule has 3 rings (SSSR count). The maximum atomic E-state index is 4.73. The first-order valence-corrected chi connectivity index (χ1v) is 7.05. The Morgan fingerprint density at radius 3 is 2.35 bits per heavy atom. The summed E-state index contributed by atoms with van der Waals surface area (Å²) in [5.41, 5.74) is 4.54. The largest absolute Gasteiger partial charge is 0.285 e. The van der Waals surface area contributed by atoms with E-state index in [9.17, 15) is 0 Å². The topological polar surface area (TPSA) is 46.8 Å². The molecule has 20 heavy (non-hydrogen) atoms. The Balaban J connectivity index is 2.15. The fourth-order valence-corrected chi connectivity index (χ4v) is 2.40. The van der Waals surface area contributed by atoms with E-state index < -0.39 is 0 Å². The molecule has 0 saturated carbocycles. The summed E-state index contributed by atoms with van der Waals surface area (Å²) in [6.45, 7) is 9.05. The summed E-state index contributed by atoms with van der Waals surface area (Å²) >= 11 is 0. The van der Waals surface area contributed by atoms with Gasteiger partial charge in [-0.2, -0.15) is 5.10 Å². The van der Waals surface area contributed by atoms with Gasteiger partial charge in [0.1, 0.15) is 5.52 Å². The van der Waals surface area contributed by atoms with E-state index in [1.165, 1.54) is 0 Å². The van der Waals surface area contributed by atoms with Gasteiger partial charge in [0.05, 0.1) is 23.4 Å². The predicted octanol–water partition coefficient (Wildman–Crippen LogP) is 2.59. The maximum absolute atomic E-state index is 4.73.